The summed E-state index contributed by atoms with van der Waals surface area (Å²) < 4.78 is 8.43. The van der Waals surface area contributed by atoms with Crippen LogP contribution in [0.4, 0.5) is 0 Å². The van der Waals surface area contributed by atoms with Crippen LogP contribution in [0, 0.1) is 0 Å². The molecule has 9 aromatic rings. The predicted octanol–water partition coefficient (Wildman–Crippen LogP) is 9.36. The smallest absolute Gasteiger partial charge is 0.238 e. The van der Waals surface area contributed by atoms with E-state index in [1.54, 1.807) is 0 Å². The van der Waals surface area contributed by atoms with Crippen molar-refractivity contribution in [3.63, 3.8) is 0 Å². The standard InChI is InChI=1S/C37H22N4O/c1-2-10-23(11-3-1)35-38-36(40-37(39-35)41-31-15-7-4-12-27(31)28-13-5-8-16-32(28)41)25-19-20-26-24(22-25)18-21-30-29-14-6-9-17-33(29)42-34(26)30/h1-22H. The van der Waals surface area contributed by atoms with Gasteiger partial charge in [0.05, 0.1) is 11.0 Å². The summed E-state index contributed by atoms with van der Waals surface area (Å²) in [6, 6.07) is 45.7. The van der Waals surface area contributed by atoms with Gasteiger partial charge in [0.15, 0.2) is 11.6 Å². The molecule has 3 aromatic heterocycles. The van der Waals surface area contributed by atoms with E-state index in [1.807, 2.05) is 48.5 Å². The monoisotopic (exact) mass is 538 g/mol. The first-order valence-electron chi connectivity index (χ1n) is 14.0. The number of fused-ring (bicyclic) bond motifs is 8. The minimum absolute atomic E-state index is 0.587. The van der Waals surface area contributed by atoms with Crippen molar-refractivity contribution in [2.75, 3.05) is 0 Å². The molecule has 6 aromatic carbocycles. The Morgan fingerprint density at radius 2 is 1.07 bits per heavy atom. The van der Waals surface area contributed by atoms with E-state index in [0.29, 0.717) is 17.6 Å². The maximum absolute atomic E-state index is 6.29. The average molecular weight is 539 g/mol. The summed E-state index contributed by atoms with van der Waals surface area (Å²) in [6.07, 6.45) is 0. The average Bonchev–Trinajstić information content (AvgIpc) is 3.61. The minimum Gasteiger partial charge on any atom is -0.455 e. The molecule has 5 heteroatoms. The Labute approximate surface area is 240 Å². The third-order valence-corrected chi connectivity index (χ3v) is 8.05. The third-order valence-electron chi connectivity index (χ3n) is 8.05. The molecule has 0 amide bonds. The quantitative estimate of drug-likeness (QED) is 0.225. The summed E-state index contributed by atoms with van der Waals surface area (Å²) in [5, 5.41) is 6.70. The first-order valence-corrected chi connectivity index (χ1v) is 14.0. The van der Waals surface area contributed by atoms with Gasteiger partial charge in [-0.25, -0.2) is 4.98 Å². The fourth-order valence-electron chi connectivity index (χ4n) is 6.10. The fraction of sp³-hybridized carbons (Fsp3) is 0. The van der Waals surface area contributed by atoms with E-state index in [0.717, 1.165) is 65.6 Å². The van der Waals surface area contributed by atoms with Crippen LogP contribution in [0.1, 0.15) is 0 Å². The Balaban J connectivity index is 1.30. The van der Waals surface area contributed by atoms with Crippen LogP contribution < -0.4 is 0 Å². The normalized spacial score (nSPS) is 11.8. The maximum Gasteiger partial charge on any atom is 0.238 e. The van der Waals surface area contributed by atoms with Crippen molar-refractivity contribution in [1.29, 1.82) is 0 Å². The molecule has 0 aliphatic carbocycles. The largest absolute Gasteiger partial charge is 0.455 e. The van der Waals surface area contributed by atoms with Crippen molar-refractivity contribution in [3.8, 4) is 28.7 Å². The lowest BCUT2D eigenvalue weighted by Crippen LogP contribution is -2.06. The van der Waals surface area contributed by atoms with Crippen molar-refractivity contribution in [1.82, 2.24) is 19.5 Å². The van der Waals surface area contributed by atoms with Crippen LogP contribution in [0.25, 0.3) is 83.2 Å². The highest BCUT2D eigenvalue weighted by Gasteiger charge is 2.18. The van der Waals surface area contributed by atoms with Crippen molar-refractivity contribution in [2.45, 2.75) is 0 Å². The molecule has 9 rings (SSSR count). The second-order valence-corrected chi connectivity index (χ2v) is 10.5. The molecular weight excluding hydrogens is 516 g/mol. The number of aromatic nitrogens is 4. The van der Waals surface area contributed by atoms with E-state index in [9.17, 15) is 0 Å². The first kappa shape index (κ1) is 22.9. The molecule has 0 fully saturated rings. The molecule has 0 bridgehead atoms. The van der Waals surface area contributed by atoms with Gasteiger partial charge in [0.2, 0.25) is 5.95 Å². The highest BCUT2D eigenvalue weighted by Crippen LogP contribution is 2.36. The molecule has 0 spiro atoms. The van der Waals surface area contributed by atoms with Crippen LogP contribution in [-0.4, -0.2) is 19.5 Å². The number of hydrogen-bond acceptors (Lipinski definition) is 4. The van der Waals surface area contributed by atoms with E-state index < -0.39 is 0 Å². The van der Waals surface area contributed by atoms with Crippen LogP contribution in [-0.2, 0) is 0 Å². The van der Waals surface area contributed by atoms with Crippen molar-refractivity contribution < 1.29 is 4.42 Å². The van der Waals surface area contributed by atoms with Gasteiger partial charge < -0.3 is 4.42 Å². The third kappa shape index (κ3) is 3.40. The number of nitrogens with zero attached hydrogens (tertiary/aromatic N) is 4. The van der Waals surface area contributed by atoms with Gasteiger partial charge >= 0.3 is 0 Å². The number of furan rings is 1. The highest BCUT2D eigenvalue weighted by atomic mass is 16.3. The van der Waals surface area contributed by atoms with Gasteiger partial charge in [-0.15, -0.1) is 0 Å². The van der Waals surface area contributed by atoms with Crippen molar-refractivity contribution in [3.05, 3.63) is 133 Å². The lowest BCUT2D eigenvalue weighted by molar-refractivity contribution is 0.672. The number of benzene rings is 6. The molecule has 196 valence electrons. The minimum atomic E-state index is 0.587. The second-order valence-electron chi connectivity index (χ2n) is 10.5. The van der Waals surface area contributed by atoms with Crippen molar-refractivity contribution >= 4 is 54.5 Å². The topological polar surface area (TPSA) is 56.7 Å². The molecule has 42 heavy (non-hydrogen) atoms. The molecular formula is C37H22N4O. The van der Waals surface area contributed by atoms with Crippen LogP contribution in [0.15, 0.2) is 138 Å². The summed E-state index contributed by atoms with van der Waals surface area (Å²) in [5.41, 5.74) is 5.76. The molecule has 0 aliphatic heterocycles. The molecule has 0 radical (unpaired) electrons. The fourth-order valence-corrected chi connectivity index (χ4v) is 6.10. The van der Waals surface area contributed by atoms with Crippen LogP contribution in [0.5, 0.6) is 0 Å². The van der Waals surface area contributed by atoms with E-state index in [2.05, 4.69) is 89.5 Å². The lowest BCUT2D eigenvalue weighted by Gasteiger charge is -2.11. The Bertz CT molecular complexity index is 2420. The Hall–Kier alpha value is -5.81. The molecule has 5 nitrogen and oxygen atoms in total. The van der Waals surface area contributed by atoms with Crippen molar-refractivity contribution in [2.24, 2.45) is 0 Å². The number of hydrogen-bond donors (Lipinski definition) is 0. The second kappa shape index (κ2) is 8.85. The first-order chi connectivity index (χ1) is 20.8. The maximum atomic E-state index is 6.29. The molecule has 0 unspecified atom stereocenters. The van der Waals surface area contributed by atoms with Gasteiger partial charge in [0.1, 0.15) is 11.2 Å². The van der Waals surface area contributed by atoms with Gasteiger partial charge in [0.25, 0.3) is 0 Å². The van der Waals surface area contributed by atoms with E-state index in [-0.39, 0.29) is 0 Å². The molecule has 0 saturated carbocycles. The predicted molar refractivity (Wildman–Crippen MR) is 170 cm³/mol. The highest BCUT2D eigenvalue weighted by molar-refractivity contribution is 6.15. The van der Waals surface area contributed by atoms with E-state index in [1.165, 1.54) is 0 Å². The zero-order valence-corrected chi connectivity index (χ0v) is 22.4. The van der Waals surface area contributed by atoms with Crippen LogP contribution in [0.3, 0.4) is 0 Å². The molecule has 0 N–H and O–H groups in total. The van der Waals surface area contributed by atoms with E-state index in [4.69, 9.17) is 19.4 Å². The molecule has 3 heterocycles. The molecule has 0 atom stereocenters. The van der Waals surface area contributed by atoms with Crippen LogP contribution in [0.2, 0.25) is 0 Å². The Kier molecular flexibility index (Phi) is 4.83. The Morgan fingerprint density at radius 3 is 1.83 bits per heavy atom. The summed E-state index contributed by atoms with van der Waals surface area (Å²) in [4.78, 5) is 15.1. The molecule has 0 aliphatic rings. The summed E-state index contributed by atoms with van der Waals surface area (Å²) in [6.45, 7) is 0. The summed E-state index contributed by atoms with van der Waals surface area (Å²) >= 11 is 0. The van der Waals surface area contributed by atoms with Gasteiger partial charge in [-0.2, -0.15) is 9.97 Å². The van der Waals surface area contributed by atoms with Gasteiger partial charge in [-0.3, -0.25) is 4.57 Å². The summed E-state index contributed by atoms with van der Waals surface area (Å²) in [7, 11) is 0. The van der Waals surface area contributed by atoms with Gasteiger partial charge in [0, 0.05) is 38.1 Å². The van der Waals surface area contributed by atoms with E-state index >= 15 is 0 Å². The molecule has 0 saturated heterocycles. The lowest BCUT2D eigenvalue weighted by atomic mass is 10.0. The number of rotatable bonds is 3. The Morgan fingerprint density at radius 1 is 0.452 bits per heavy atom. The zero-order chi connectivity index (χ0) is 27.6. The summed E-state index contributed by atoms with van der Waals surface area (Å²) in [5.74, 6) is 1.83. The zero-order valence-electron chi connectivity index (χ0n) is 22.4. The SMILES string of the molecule is c1ccc(-c2nc(-c3ccc4c(ccc5c6ccccc6oc45)c3)nc(-n3c4ccccc4c4ccccc43)n2)cc1. The number of para-hydroxylation sites is 3. The van der Waals surface area contributed by atoms with Crippen LogP contribution >= 0.6 is 0 Å². The van der Waals surface area contributed by atoms with Gasteiger partial charge in [-0.05, 0) is 41.8 Å². The van der Waals surface area contributed by atoms with Gasteiger partial charge in [-0.1, -0.05) is 97.1 Å².